The van der Waals surface area contributed by atoms with Crippen LogP contribution < -0.4 is 10.1 Å². The van der Waals surface area contributed by atoms with Crippen molar-refractivity contribution in [2.75, 3.05) is 33.3 Å². The predicted molar refractivity (Wildman–Crippen MR) is 94.2 cm³/mol. The van der Waals surface area contributed by atoms with Crippen molar-refractivity contribution in [3.8, 4) is 5.75 Å². The molecule has 1 aromatic carbocycles. The topological polar surface area (TPSA) is 41.6 Å². The summed E-state index contributed by atoms with van der Waals surface area (Å²) in [4.78, 5) is 14.4. The fourth-order valence-electron chi connectivity index (χ4n) is 3.15. The van der Waals surface area contributed by atoms with E-state index in [1.807, 2.05) is 4.90 Å². The quantitative estimate of drug-likeness (QED) is 0.928. The van der Waals surface area contributed by atoms with Gasteiger partial charge in [-0.2, -0.15) is 0 Å². The van der Waals surface area contributed by atoms with Crippen molar-refractivity contribution in [2.24, 2.45) is 0 Å². The van der Waals surface area contributed by atoms with E-state index >= 15 is 0 Å². The third-order valence-corrected chi connectivity index (χ3v) is 4.40. The normalized spacial score (nSPS) is 15.6. The van der Waals surface area contributed by atoms with Crippen LogP contribution in [0.25, 0.3) is 0 Å². The van der Waals surface area contributed by atoms with E-state index in [2.05, 4.69) is 45.1 Å². The summed E-state index contributed by atoms with van der Waals surface area (Å²) in [5, 5.41) is 3.28. The Balaban J connectivity index is 2.15. The van der Waals surface area contributed by atoms with E-state index < -0.39 is 0 Å². The van der Waals surface area contributed by atoms with Crippen LogP contribution in [0, 0.1) is 6.92 Å². The van der Waals surface area contributed by atoms with E-state index in [1.54, 1.807) is 7.11 Å². The fraction of sp³-hybridized carbons (Fsp3) is 0.632. The number of carbonyl (C=O) groups is 1. The van der Waals surface area contributed by atoms with E-state index in [0.717, 1.165) is 43.9 Å². The van der Waals surface area contributed by atoms with E-state index in [1.165, 1.54) is 11.1 Å². The van der Waals surface area contributed by atoms with Gasteiger partial charge < -0.3 is 15.0 Å². The molecule has 0 saturated carbocycles. The maximum absolute atomic E-state index is 12.4. The third kappa shape index (κ3) is 4.47. The minimum Gasteiger partial charge on any atom is -0.496 e. The standard InChI is InChI=1S/C19H30N2O2/c1-14-12-15(18(23-5)16(13-14)19(2,3)4)6-7-17(22)21-10-8-20-9-11-21/h12-13,20H,6-11H2,1-5H3. The molecular formula is C19H30N2O2. The van der Waals surface area contributed by atoms with Crippen molar-refractivity contribution in [1.29, 1.82) is 0 Å². The van der Waals surface area contributed by atoms with E-state index in [4.69, 9.17) is 4.74 Å². The van der Waals surface area contributed by atoms with Crippen molar-refractivity contribution in [2.45, 2.75) is 46.0 Å². The molecule has 2 rings (SSSR count). The minimum absolute atomic E-state index is 0.0225. The van der Waals surface area contributed by atoms with Gasteiger partial charge in [0.2, 0.25) is 5.91 Å². The Labute approximate surface area is 140 Å². The second-order valence-corrected chi connectivity index (χ2v) is 7.39. The number of amides is 1. The third-order valence-electron chi connectivity index (χ3n) is 4.40. The number of nitrogens with one attached hydrogen (secondary N) is 1. The SMILES string of the molecule is COc1c(CCC(=O)N2CCNCC2)cc(C)cc1C(C)(C)C. The molecule has 1 amide bonds. The van der Waals surface area contributed by atoms with Crippen molar-refractivity contribution >= 4 is 5.91 Å². The highest BCUT2D eigenvalue weighted by molar-refractivity contribution is 5.76. The molecule has 4 nitrogen and oxygen atoms in total. The van der Waals surface area contributed by atoms with Crippen LogP contribution in [0.5, 0.6) is 5.75 Å². The van der Waals surface area contributed by atoms with Crippen LogP contribution in [0.3, 0.4) is 0 Å². The van der Waals surface area contributed by atoms with E-state index in [9.17, 15) is 4.79 Å². The molecule has 0 radical (unpaired) electrons. The monoisotopic (exact) mass is 318 g/mol. The van der Waals surface area contributed by atoms with Gasteiger partial charge in [-0.3, -0.25) is 4.79 Å². The van der Waals surface area contributed by atoms with Crippen LogP contribution in [0.1, 0.15) is 43.9 Å². The van der Waals surface area contributed by atoms with Crippen molar-refractivity contribution < 1.29 is 9.53 Å². The first-order valence-electron chi connectivity index (χ1n) is 8.49. The highest BCUT2D eigenvalue weighted by Gasteiger charge is 2.23. The molecule has 1 aliphatic rings. The molecule has 128 valence electrons. The van der Waals surface area contributed by atoms with Gasteiger partial charge >= 0.3 is 0 Å². The zero-order chi connectivity index (χ0) is 17.0. The molecule has 1 fully saturated rings. The average molecular weight is 318 g/mol. The molecule has 0 aromatic heterocycles. The van der Waals surface area contributed by atoms with Gasteiger partial charge in [-0.05, 0) is 24.3 Å². The fourth-order valence-corrected chi connectivity index (χ4v) is 3.15. The minimum atomic E-state index is 0.0225. The summed E-state index contributed by atoms with van der Waals surface area (Å²) in [6.07, 6.45) is 1.28. The summed E-state index contributed by atoms with van der Waals surface area (Å²) in [6, 6.07) is 4.35. The van der Waals surface area contributed by atoms with Crippen LogP contribution in [0.15, 0.2) is 12.1 Å². The zero-order valence-electron chi connectivity index (χ0n) is 15.2. The Morgan fingerprint density at radius 3 is 2.48 bits per heavy atom. The zero-order valence-corrected chi connectivity index (χ0v) is 15.2. The van der Waals surface area contributed by atoms with Crippen LogP contribution in [-0.4, -0.2) is 44.1 Å². The number of aryl methyl sites for hydroxylation is 2. The van der Waals surface area contributed by atoms with Gasteiger partial charge in [0.25, 0.3) is 0 Å². The summed E-state index contributed by atoms with van der Waals surface area (Å²) < 4.78 is 5.70. The molecule has 1 aliphatic heterocycles. The number of hydrogen-bond donors (Lipinski definition) is 1. The molecule has 1 heterocycles. The van der Waals surface area contributed by atoms with Crippen LogP contribution in [-0.2, 0) is 16.6 Å². The number of piperazine rings is 1. The van der Waals surface area contributed by atoms with Gasteiger partial charge in [-0.1, -0.05) is 38.5 Å². The predicted octanol–water partition coefficient (Wildman–Crippen LogP) is 2.67. The number of rotatable bonds is 4. The van der Waals surface area contributed by atoms with Gasteiger partial charge in [-0.15, -0.1) is 0 Å². The number of ether oxygens (including phenoxy) is 1. The molecular weight excluding hydrogens is 288 g/mol. The Morgan fingerprint density at radius 2 is 1.91 bits per heavy atom. The van der Waals surface area contributed by atoms with Crippen LogP contribution in [0.2, 0.25) is 0 Å². The van der Waals surface area contributed by atoms with E-state index in [0.29, 0.717) is 6.42 Å². The lowest BCUT2D eigenvalue weighted by Crippen LogP contribution is -2.46. The van der Waals surface area contributed by atoms with Gasteiger partial charge in [0.15, 0.2) is 0 Å². The Kier molecular flexibility index (Phi) is 5.69. The summed E-state index contributed by atoms with van der Waals surface area (Å²) in [5.74, 6) is 1.18. The molecule has 0 atom stereocenters. The van der Waals surface area contributed by atoms with Crippen LogP contribution >= 0.6 is 0 Å². The first-order valence-corrected chi connectivity index (χ1v) is 8.49. The Morgan fingerprint density at radius 1 is 1.26 bits per heavy atom. The Hall–Kier alpha value is -1.55. The summed E-state index contributed by atoms with van der Waals surface area (Å²) in [5.41, 5.74) is 3.60. The van der Waals surface area contributed by atoms with E-state index in [-0.39, 0.29) is 11.3 Å². The number of benzene rings is 1. The van der Waals surface area contributed by atoms with Crippen molar-refractivity contribution in [1.82, 2.24) is 10.2 Å². The summed E-state index contributed by atoms with van der Waals surface area (Å²) >= 11 is 0. The molecule has 0 spiro atoms. The second kappa shape index (κ2) is 7.35. The second-order valence-electron chi connectivity index (χ2n) is 7.39. The van der Waals surface area contributed by atoms with Gasteiger partial charge in [0.1, 0.15) is 5.75 Å². The summed E-state index contributed by atoms with van der Waals surface area (Å²) in [7, 11) is 1.72. The molecule has 4 heteroatoms. The number of methoxy groups -OCH3 is 1. The largest absolute Gasteiger partial charge is 0.496 e. The van der Waals surface area contributed by atoms with Crippen LogP contribution in [0.4, 0.5) is 0 Å². The lowest BCUT2D eigenvalue weighted by molar-refractivity contribution is -0.131. The molecule has 0 bridgehead atoms. The molecule has 1 aromatic rings. The van der Waals surface area contributed by atoms with Crippen molar-refractivity contribution in [3.63, 3.8) is 0 Å². The van der Waals surface area contributed by atoms with Gasteiger partial charge in [0.05, 0.1) is 7.11 Å². The van der Waals surface area contributed by atoms with Crippen molar-refractivity contribution in [3.05, 3.63) is 28.8 Å². The smallest absolute Gasteiger partial charge is 0.222 e. The highest BCUT2D eigenvalue weighted by atomic mass is 16.5. The lowest BCUT2D eigenvalue weighted by atomic mass is 9.83. The molecule has 1 saturated heterocycles. The maximum atomic E-state index is 12.4. The Bertz CT molecular complexity index is 555. The maximum Gasteiger partial charge on any atom is 0.222 e. The number of nitrogens with zero attached hydrogens (tertiary/aromatic N) is 1. The number of hydrogen-bond acceptors (Lipinski definition) is 3. The number of carbonyl (C=O) groups excluding carboxylic acids is 1. The summed E-state index contributed by atoms with van der Waals surface area (Å²) in [6.45, 7) is 12.1. The lowest BCUT2D eigenvalue weighted by Gasteiger charge is -2.28. The molecule has 1 N–H and O–H groups in total. The molecule has 0 unspecified atom stereocenters. The first kappa shape index (κ1) is 17.8. The first-order chi connectivity index (χ1) is 10.8. The van der Waals surface area contributed by atoms with Gasteiger partial charge in [0, 0.05) is 38.2 Å². The molecule has 0 aliphatic carbocycles. The average Bonchev–Trinajstić information content (AvgIpc) is 2.52. The van der Waals surface area contributed by atoms with Gasteiger partial charge in [-0.25, -0.2) is 0 Å². The molecule has 23 heavy (non-hydrogen) atoms. The highest BCUT2D eigenvalue weighted by Crippen LogP contribution is 2.35.